The number of rotatable bonds is 8. The molecule has 1 rings (SSSR count). The van der Waals surface area contributed by atoms with E-state index in [2.05, 4.69) is 38.7 Å². The Morgan fingerprint density at radius 3 is 2.31 bits per heavy atom. The molecule has 0 N–H and O–H groups in total. The Morgan fingerprint density at radius 1 is 1.06 bits per heavy atom. The van der Waals surface area contributed by atoms with Crippen molar-refractivity contribution in [2.75, 3.05) is 0 Å². The van der Waals surface area contributed by atoms with E-state index in [1.165, 1.54) is 44.9 Å². The monoisotopic (exact) mass is 236 g/mol. The van der Waals surface area contributed by atoms with Crippen LogP contribution in [0, 0.1) is 0 Å². The molecule has 0 unspecified atom stereocenters. The molecule has 1 aliphatic rings. The molecule has 0 radical (unpaired) electrons. The van der Waals surface area contributed by atoms with Crippen LogP contribution in [0.2, 0.25) is 19.6 Å². The van der Waals surface area contributed by atoms with Gasteiger partial charge in [0, 0.05) is 0 Å². The van der Waals surface area contributed by atoms with Crippen molar-refractivity contribution in [1.29, 1.82) is 0 Å². The van der Waals surface area contributed by atoms with E-state index in [-0.39, 0.29) is 0 Å². The number of unbranched alkanes of at least 4 members (excludes halogenated alkanes) is 3. The Morgan fingerprint density at radius 2 is 1.75 bits per heavy atom. The molecule has 0 saturated carbocycles. The zero-order valence-electron chi connectivity index (χ0n) is 11.6. The summed E-state index contributed by atoms with van der Waals surface area (Å²) in [4.78, 5) is 0. The third kappa shape index (κ3) is 5.15. The van der Waals surface area contributed by atoms with Crippen LogP contribution in [0.4, 0.5) is 0 Å². The predicted octanol–water partition coefficient (Wildman–Crippen LogP) is 5.48. The summed E-state index contributed by atoms with van der Waals surface area (Å²) in [5, 5.41) is 1.85. The molecular weight excluding hydrogens is 208 g/mol. The third-order valence-electron chi connectivity index (χ3n) is 3.35. The molecule has 0 aromatic carbocycles. The lowest BCUT2D eigenvalue weighted by Crippen LogP contribution is -2.18. The standard InChI is InChI=1S/C15H28Si/c1-5-6-7-8-9-10-11-12-14-13-15(14)16(2,3)4/h9-10H,5-8,11-13H2,1-4H3/b10-9+. The summed E-state index contributed by atoms with van der Waals surface area (Å²) in [6.45, 7) is 9.67. The summed E-state index contributed by atoms with van der Waals surface area (Å²) in [5.74, 6) is 0. The van der Waals surface area contributed by atoms with Gasteiger partial charge in [-0.15, -0.1) is 0 Å². The van der Waals surface area contributed by atoms with Gasteiger partial charge in [-0.3, -0.25) is 0 Å². The minimum Gasteiger partial charge on any atom is -0.0885 e. The summed E-state index contributed by atoms with van der Waals surface area (Å²) in [7, 11) is -0.917. The molecule has 1 heteroatoms. The van der Waals surface area contributed by atoms with Gasteiger partial charge < -0.3 is 0 Å². The van der Waals surface area contributed by atoms with E-state index in [4.69, 9.17) is 0 Å². The first-order valence-electron chi connectivity index (χ1n) is 6.92. The van der Waals surface area contributed by atoms with Gasteiger partial charge in [-0.05, 0) is 32.1 Å². The molecule has 92 valence electrons. The number of hydrogen-bond donors (Lipinski definition) is 0. The summed E-state index contributed by atoms with van der Waals surface area (Å²) >= 11 is 0. The summed E-state index contributed by atoms with van der Waals surface area (Å²) in [6, 6.07) is 0. The Labute approximate surface area is 103 Å². The van der Waals surface area contributed by atoms with Crippen LogP contribution in [0.25, 0.3) is 0 Å². The van der Waals surface area contributed by atoms with Crippen molar-refractivity contribution in [3.05, 3.63) is 22.9 Å². The Hall–Kier alpha value is -0.303. The Kier molecular flexibility index (Phi) is 5.54. The van der Waals surface area contributed by atoms with E-state index in [0.717, 1.165) is 0 Å². The van der Waals surface area contributed by atoms with Gasteiger partial charge in [0.2, 0.25) is 0 Å². The van der Waals surface area contributed by atoms with E-state index < -0.39 is 8.07 Å². The van der Waals surface area contributed by atoms with Gasteiger partial charge in [-0.1, -0.05) is 62.3 Å². The smallest absolute Gasteiger partial charge is 0.0728 e. The van der Waals surface area contributed by atoms with Gasteiger partial charge in [-0.25, -0.2) is 0 Å². The lowest BCUT2D eigenvalue weighted by molar-refractivity contribution is 0.728. The molecule has 0 bridgehead atoms. The molecule has 0 heterocycles. The lowest BCUT2D eigenvalue weighted by atomic mass is 10.2. The maximum Gasteiger partial charge on any atom is 0.0728 e. The first-order chi connectivity index (χ1) is 7.55. The van der Waals surface area contributed by atoms with Crippen LogP contribution in [-0.2, 0) is 0 Å². The second-order valence-electron chi connectivity index (χ2n) is 6.01. The molecule has 0 saturated heterocycles. The van der Waals surface area contributed by atoms with E-state index in [1.807, 2.05) is 5.20 Å². The highest BCUT2D eigenvalue weighted by atomic mass is 28.3. The quantitative estimate of drug-likeness (QED) is 0.297. The maximum atomic E-state index is 2.47. The van der Waals surface area contributed by atoms with Gasteiger partial charge in [0.15, 0.2) is 0 Å². The molecule has 1 aliphatic carbocycles. The van der Waals surface area contributed by atoms with Crippen LogP contribution in [0.15, 0.2) is 22.9 Å². The highest BCUT2D eigenvalue weighted by molar-refractivity contribution is 6.84. The van der Waals surface area contributed by atoms with Crippen molar-refractivity contribution >= 4 is 8.07 Å². The van der Waals surface area contributed by atoms with Gasteiger partial charge in [0.05, 0.1) is 8.07 Å². The minimum atomic E-state index is -0.917. The maximum absolute atomic E-state index is 2.47. The SMILES string of the molecule is CCCCC/C=C/CCC1=C([Si](C)(C)C)C1. The predicted molar refractivity (Wildman–Crippen MR) is 77.5 cm³/mol. The first-order valence-corrected chi connectivity index (χ1v) is 10.4. The highest BCUT2D eigenvalue weighted by Crippen LogP contribution is 2.41. The first kappa shape index (κ1) is 13.8. The molecule has 0 nitrogen and oxygen atoms in total. The van der Waals surface area contributed by atoms with Gasteiger partial charge >= 0.3 is 0 Å². The van der Waals surface area contributed by atoms with E-state index in [1.54, 1.807) is 5.57 Å². The van der Waals surface area contributed by atoms with Crippen LogP contribution in [0.1, 0.15) is 51.9 Å². The van der Waals surface area contributed by atoms with Crippen LogP contribution in [0.3, 0.4) is 0 Å². The summed E-state index contributed by atoms with van der Waals surface area (Å²) in [6.07, 6.45) is 14.1. The van der Waals surface area contributed by atoms with E-state index >= 15 is 0 Å². The molecule has 0 aromatic rings. The Bertz CT molecular complexity index is 266. The third-order valence-corrected chi connectivity index (χ3v) is 5.69. The van der Waals surface area contributed by atoms with Crippen molar-refractivity contribution in [3.8, 4) is 0 Å². The van der Waals surface area contributed by atoms with Crippen molar-refractivity contribution in [2.24, 2.45) is 0 Å². The minimum absolute atomic E-state index is 0.917. The molecule has 16 heavy (non-hydrogen) atoms. The fourth-order valence-corrected chi connectivity index (χ4v) is 4.14. The van der Waals surface area contributed by atoms with Crippen molar-refractivity contribution in [1.82, 2.24) is 0 Å². The number of allylic oxidation sites excluding steroid dienone is 4. The fraction of sp³-hybridized carbons (Fsp3) is 0.733. The topological polar surface area (TPSA) is 0 Å². The zero-order valence-corrected chi connectivity index (χ0v) is 12.6. The molecule has 0 atom stereocenters. The molecular formula is C15H28Si. The normalized spacial score (nSPS) is 16.2. The van der Waals surface area contributed by atoms with Gasteiger partial charge in [0.25, 0.3) is 0 Å². The van der Waals surface area contributed by atoms with Crippen LogP contribution in [-0.4, -0.2) is 8.07 Å². The lowest BCUT2D eigenvalue weighted by Gasteiger charge is -2.09. The van der Waals surface area contributed by atoms with Crippen LogP contribution >= 0.6 is 0 Å². The zero-order chi connectivity index (χ0) is 12.0. The van der Waals surface area contributed by atoms with Gasteiger partial charge in [-0.2, -0.15) is 0 Å². The van der Waals surface area contributed by atoms with Crippen molar-refractivity contribution < 1.29 is 0 Å². The average Bonchev–Trinajstić information content (AvgIpc) is 2.95. The second kappa shape index (κ2) is 6.44. The molecule has 0 amide bonds. The average molecular weight is 236 g/mol. The van der Waals surface area contributed by atoms with Crippen molar-refractivity contribution in [3.63, 3.8) is 0 Å². The summed E-state index contributed by atoms with van der Waals surface area (Å²) in [5.41, 5.74) is 1.79. The Balaban J connectivity index is 2.07. The second-order valence-corrected chi connectivity index (χ2v) is 11.1. The van der Waals surface area contributed by atoms with E-state index in [9.17, 15) is 0 Å². The molecule has 0 aromatic heterocycles. The van der Waals surface area contributed by atoms with Crippen LogP contribution < -0.4 is 0 Å². The van der Waals surface area contributed by atoms with Gasteiger partial charge in [0.1, 0.15) is 0 Å². The highest BCUT2D eigenvalue weighted by Gasteiger charge is 2.31. The number of hydrogen-bond acceptors (Lipinski definition) is 0. The molecule has 0 aliphatic heterocycles. The summed E-state index contributed by atoms with van der Waals surface area (Å²) < 4.78 is 0. The van der Waals surface area contributed by atoms with Crippen LogP contribution in [0.5, 0.6) is 0 Å². The van der Waals surface area contributed by atoms with Crippen molar-refractivity contribution in [2.45, 2.75) is 71.5 Å². The molecule has 0 spiro atoms. The van der Waals surface area contributed by atoms with E-state index in [0.29, 0.717) is 0 Å². The largest absolute Gasteiger partial charge is 0.0885 e. The molecule has 0 fully saturated rings. The fourth-order valence-electron chi connectivity index (χ4n) is 2.21.